The lowest BCUT2D eigenvalue weighted by Gasteiger charge is -2.11. The van der Waals surface area contributed by atoms with E-state index in [1.807, 2.05) is 0 Å². The summed E-state index contributed by atoms with van der Waals surface area (Å²) in [5.41, 5.74) is 0.00174. The fourth-order valence-electron chi connectivity index (χ4n) is 2.13. The first-order chi connectivity index (χ1) is 8.66. The summed E-state index contributed by atoms with van der Waals surface area (Å²) in [5.74, 6) is -0.955. The average molecular weight is 271 g/mol. The molecule has 1 fully saturated rings. The van der Waals surface area contributed by atoms with E-state index in [-0.39, 0.29) is 5.56 Å². The van der Waals surface area contributed by atoms with Gasteiger partial charge in [-0.15, -0.1) is 0 Å². The van der Waals surface area contributed by atoms with Crippen LogP contribution < -0.4 is 10.6 Å². The van der Waals surface area contributed by atoms with Gasteiger partial charge in [-0.2, -0.15) is 0 Å². The smallest absolute Gasteiger partial charge is 0.254 e. The Morgan fingerprint density at radius 2 is 2.39 bits per heavy atom. The van der Waals surface area contributed by atoms with Crippen LogP contribution in [-0.4, -0.2) is 25.0 Å². The minimum Gasteiger partial charge on any atom is -0.352 e. The molecule has 2 N–H and O–H groups in total. The Balaban J connectivity index is 1.85. The number of benzene rings is 1. The normalized spacial score (nSPS) is 18.9. The number of hydrogen-bond donors (Lipinski definition) is 2. The van der Waals surface area contributed by atoms with E-state index in [2.05, 4.69) is 10.6 Å². The molecule has 0 aromatic heterocycles. The molecule has 1 aromatic carbocycles. The summed E-state index contributed by atoms with van der Waals surface area (Å²) in [6.45, 7) is 1.59. The first kappa shape index (κ1) is 13.3. The third kappa shape index (κ3) is 3.43. The second-order valence-electron chi connectivity index (χ2n) is 4.46. The Morgan fingerprint density at radius 1 is 1.56 bits per heavy atom. The number of carbonyl (C=O) groups excluding carboxylic acids is 1. The maximum Gasteiger partial charge on any atom is 0.254 e. The van der Waals surface area contributed by atoms with Crippen molar-refractivity contribution >= 4 is 17.5 Å². The van der Waals surface area contributed by atoms with Gasteiger partial charge in [-0.05, 0) is 44.0 Å². The summed E-state index contributed by atoms with van der Waals surface area (Å²) in [6, 6.07) is 4.45. The molecule has 1 aromatic rings. The zero-order valence-electron chi connectivity index (χ0n) is 10.0. The van der Waals surface area contributed by atoms with Gasteiger partial charge in [-0.3, -0.25) is 4.79 Å². The van der Waals surface area contributed by atoms with Crippen molar-refractivity contribution in [2.45, 2.75) is 25.3 Å². The largest absolute Gasteiger partial charge is 0.352 e. The number of rotatable bonds is 4. The Hall–Kier alpha value is -1.13. The van der Waals surface area contributed by atoms with Crippen molar-refractivity contribution in [2.75, 3.05) is 13.1 Å². The molecule has 1 aliphatic heterocycles. The molecular formula is C13H16ClFN2O. The fourth-order valence-corrected chi connectivity index (χ4v) is 2.30. The molecule has 2 rings (SSSR count). The average Bonchev–Trinajstić information content (AvgIpc) is 2.85. The fraction of sp³-hybridized carbons (Fsp3) is 0.462. The molecular weight excluding hydrogens is 255 g/mol. The van der Waals surface area contributed by atoms with E-state index in [9.17, 15) is 9.18 Å². The van der Waals surface area contributed by atoms with E-state index in [1.165, 1.54) is 24.6 Å². The molecule has 3 nitrogen and oxygen atoms in total. The van der Waals surface area contributed by atoms with Gasteiger partial charge in [0, 0.05) is 17.6 Å². The summed E-state index contributed by atoms with van der Waals surface area (Å²) in [7, 11) is 0. The lowest BCUT2D eigenvalue weighted by Crippen LogP contribution is -2.31. The Kier molecular flexibility index (Phi) is 4.55. The molecule has 0 spiro atoms. The Labute approximate surface area is 111 Å². The van der Waals surface area contributed by atoms with Crippen LogP contribution in [0.4, 0.5) is 4.39 Å². The van der Waals surface area contributed by atoms with E-state index in [0.29, 0.717) is 17.6 Å². The van der Waals surface area contributed by atoms with E-state index in [1.54, 1.807) is 0 Å². The molecule has 0 aliphatic carbocycles. The van der Waals surface area contributed by atoms with Crippen molar-refractivity contribution in [2.24, 2.45) is 0 Å². The minimum absolute atomic E-state index is 0.00174. The summed E-state index contributed by atoms with van der Waals surface area (Å²) >= 11 is 5.74. The van der Waals surface area contributed by atoms with Gasteiger partial charge >= 0.3 is 0 Å². The van der Waals surface area contributed by atoms with E-state index < -0.39 is 11.7 Å². The molecule has 1 atom stereocenters. The maximum absolute atomic E-state index is 13.4. The Morgan fingerprint density at radius 3 is 3.11 bits per heavy atom. The highest BCUT2D eigenvalue weighted by atomic mass is 35.5. The molecule has 18 heavy (non-hydrogen) atoms. The SMILES string of the molecule is O=C(NCCC1CCCN1)c1cc(Cl)ccc1F. The third-order valence-corrected chi connectivity index (χ3v) is 3.35. The van der Waals surface area contributed by atoms with Crippen LogP contribution in [0.15, 0.2) is 18.2 Å². The first-order valence-electron chi connectivity index (χ1n) is 6.13. The van der Waals surface area contributed by atoms with Gasteiger partial charge in [0.05, 0.1) is 5.56 Å². The van der Waals surface area contributed by atoms with Gasteiger partial charge in [0.1, 0.15) is 5.82 Å². The van der Waals surface area contributed by atoms with Gasteiger partial charge in [-0.1, -0.05) is 11.6 Å². The second-order valence-corrected chi connectivity index (χ2v) is 4.90. The second kappa shape index (κ2) is 6.16. The number of amides is 1. The summed E-state index contributed by atoms with van der Waals surface area (Å²) in [4.78, 5) is 11.8. The number of nitrogens with one attached hydrogen (secondary N) is 2. The minimum atomic E-state index is -0.545. The topological polar surface area (TPSA) is 41.1 Å². The van der Waals surface area contributed by atoms with Crippen LogP contribution in [0.1, 0.15) is 29.6 Å². The van der Waals surface area contributed by atoms with Crippen LogP contribution in [0, 0.1) is 5.82 Å². The van der Waals surface area contributed by atoms with E-state index in [4.69, 9.17) is 11.6 Å². The monoisotopic (exact) mass is 270 g/mol. The lowest BCUT2D eigenvalue weighted by molar-refractivity contribution is 0.0948. The third-order valence-electron chi connectivity index (χ3n) is 3.11. The standard InChI is InChI=1S/C13H16ClFN2O/c14-9-3-4-12(15)11(8-9)13(18)17-7-5-10-2-1-6-16-10/h3-4,8,10,16H,1-2,5-7H2,(H,17,18). The highest BCUT2D eigenvalue weighted by molar-refractivity contribution is 6.30. The van der Waals surface area contributed by atoms with E-state index in [0.717, 1.165) is 19.4 Å². The predicted octanol–water partition coefficient (Wildman–Crippen LogP) is 2.35. The van der Waals surface area contributed by atoms with Gasteiger partial charge in [0.25, 0.3) is 5.91 Å². The van der Waals surface area contributed by atoms with Crippen LogP contribution in [-0.2, 0) is 0 Å². The van der Waals surface area contributed by atoms with Gasteiger partial charge in [-0.25, -0.2) is 4.39 Å². The van der Waals surface area contributed by atoms with Gasteiger partial charge in [0.2, 0.25) is 0 Å². The number of carbonyl (C=O) groups is 1. The van der Waals surface area contributed by atoms with Crippen LogP contribution in [0.3, 0.4) is 0 Å². The van der Waals surface area contributed by atoms with Crippen molar-refractivity contribution in [3.05, 3.63) is 34.6 Å². The molecule has 0 saturated carbocycles. The van der Waals surface area contributed by atoms with Crippen LogP contribution >= 0.6 is 11.6 Å². The van der Waals surface area contributed by atoms with E-state index >= 15 is 0 Å². The molecule has 0 bridgehead atoms. The summed E-state index contributed by atoms with van der Waals surface area (Å²) in [6.07, 6.45) is 3.19. The zero-order chi connectivity index (χ0) is 13.0. The first-order valence-corrected chi connectivity index (χ1v) is 6.51. The molecule has 98 valence electrons. The Bertz CT molecular complexity index is 433. The highest BCUT2D eigenvalue weighted by Gasteiger charge is 2.15. The molecule has 1 amide bonds. The molecule has 1 aliphatic rings. The highest BCUT2D eigenvalue weighted by Crippen LogP contribution is 2.15. The van der Waals surface area contributed by atoms with Crippen molar-refractivity contribution in [1.82, 2.24) is 10.6 Å². The zero-order valence-corrected chi connectivity index (χ0v) is 10.8. The number of hydrogen-bond acceptors (Lipinski definition) is 2. The quantitative estimate of drug-likeness (QED) is 0.882. The molecule has 5 heteroatoms. The molecule has 1 saturated heterocycles. The van der Waals surface area contributed by atoms with Crippen molar-refractivity contribution in [3.8, 4) is 0 Å². The van der Waals surface area contributed by atoms with Gasteiger partial charge < -0.3 is 10.6 Å². The van der Waals surface area contributed by atoms with Crippen LogP contribution in [0.2, 0.25) is 5.02 Å². The van der Waals surface area contributed by atoms with Crippen LogP contribution in [0.25, 0.3) is 0 Å². The van der Waals surface area contributed by atoms with Crippen LogP contribution in [0.5, 0.6) is 0 Å². The maximum atomic E-state index is 13.4. The summed E-state index contributed by atoms with van der Waals surface area (Å²) in [5, 5.41) is 6.42. The predicted molar refractivity (Wildman–Crippen MR) is 69.4 cm³/mol. The molecule has 1 heterocycles. The lowest BCUT2D eigenvalue weighted by atomic mass is 10.1. The van der Waals surface area contributed by atoms with Crippen molar-refractivity contribution in [1.29, 1.82) is 0 Å². The molecule has 0 radical (unpaired) electrons. The van der Waals surface area contributed by atoms with Gasteiger partial charge in [0.15, 0.2) is 0 Å². The number of halogens is 2. The summed E-state index contributed by atoms with van der Waals surface area (Å²) < 4.78 is 13.4. The van der Waals surface area contributed by atoms with Crippen molar-refractivity contribution < 1.29 is 9.18 Å². The van der Waals surface area contributed by atoms with Crippen molar-refractivity contribution in [3.63, 3.8) is 0 Å². The molecule has 1 unspecified atom stereocenters.